The number of halogens is 2. The number of esters is 1. The molecule has 174 valence electrons. The second-order valence-electron chi connectivity index (χ2n) is 6.54. The monoisotopic (exact) mass is 522 g/mol. The van der Waals surface area contributed by atoms with Crippen molar-refractivity contribution in [3.8, 4) is 11.5 Å². The van der Waals surface area contributed by atoms with Gasteiger partial charge in [-0.3, -0.25) is 9.78 Å². The summed E-state index contributed by atoms with van der Waals surface area (Å²) in [6, 6.07) is 3.56. The average Bonchev–Trinajstić information content (AvgIpc) is 2.69. The number of ether oxygens (including phenoxy) is 1. The zero-order valence-corrected chi connectivity index (χ0v) is 20.5. The number of hydrogen-bond acceptors (Lipinski definition) is 8. The molecular formula is C20H29BrFN2O6P. The fourth-order valence-electron chi connectivity index (χ4n) is 1.90. The number of hydrogen-bond donors (Lipinski definition) is 4. The van der Waals surface area contributed by atoms with E-state index >= 15 is 0 Å². The molecule has 0 spiro atoms. The van der Waals surface area contributed by atoms with E-state index < -0.39 is 11.9 Å². The van der Waals surface area contributed by atoms with Gasteiger partial charge in [-0.2, -0.15) is 0 Å². The van der Waals surface area contributed by atoms with Crippen molar-refractivity contribution >= 4 is 31.4 Å². The lowest BCUT2D eigenvalue weighted by Gasteiger charge is -2.09. The van der Waals surface area contributed by atoms with Crippen LogP contribution in [0.5, 0.6) is 11.5 Å². The number of nitrogens with two attached hydrogens (primary N) is 1. The minimum atomic E-state index is -0.607. The van der Waals surface area contributed by atoms with Gasteiger partial charge in [-0.05, 0) is 45.9 Å². The number of aryl methyl sites for hydroxylation is 1. The van der Waals surface area contributed by atoms with Crippen LogP contribution in [0, 0.1) is 12.7 Å². The molecule has 8 nitrogen and oxygen atoms in total. The molecule has 1 heterocycles. The van der Waals surface area contributed by atoms with E-state index in [2.05, 4.69) is 30.4 Å². The summed E-state index contributed by atoms with van der Waals surface area (Å²) >= 11 is 3.05. The van der Waals surface area contributed by atoms with E-state index in [4.69, 9.17) is 25.2 Å². The van der Waals surface area contributed by atoms with Gasteiger partial charge in [0.05, 0.1) is 25.0 Å². The molecule has 0 aliphatic rings. The van der Waals surface area contributed by atoms with Crippen LogP contribution in [0.4, 0.5) is 4.39 Å². The number of aromatic nitrogens is 1. The minimum Gasteiger partial charge on any atom is -0.506 e. The predicted molar refractivity (Wildman–Crippen MR) is 122 cm³/mol. The smallest absolute Gasteiger partial charge is 0.322 e. The Morgan fingerprint density at radius 1 is 1.32 bits per heavy atom. The van der Waals surface area contributed by atoms with Gasteiger partial charge >= 0.3 is 5.97 Å². The quantitative estimate of drug-likeness (QED) is 0.346. The molecule has 0 saturated carbocycles. The Kier molecular flexibility index (Phi) is 14.2. The van der Waals surface area contributed by atoms with E-state index in [9.17, 15) is 14.3 Å². The molecule has 0 saturated heterocycles. The van der Waals surface area contributed by atoms with Gasteiger partial charge < -0.3 is 30.3 Å². The Morgan fingerprint density at radius 2 is 1.94 bits per heavy atom. The Balaban J connectivity index is 0.000000448. The number of phenols is 1. The standard InChI is InChI=1S/C8H12NO3P.C6H4BrFO.C6H13NO2/c1-5-8(11)7(3-10)6(2-9-5)4-12-13;7-4-1-2-6(9)5(8)3-4;1-4(2)9-6(8)5(3)7/h2,10-11H,3-4,13H2,1H3;1-3,9H;4-5H,7H2,1-3H3. The molecule has 1 aromatic carbocycles. The topological polar surface area (TPSA) is 135 Å². The maximum absolute atomic E-state index is 12.3. The Hall–Kier alpha value is -1.84. The second kappa shape index (κ2) is 15.0. The first-order valence-electron chi connectivity index (χ1n) is 9.13. The highest BCUT2D eigenvalue weighted by Gasteiger charge is 2.10. The number of carbonyl (C=O) groups is 1. The molecule has 0 amide bonds. The number of carbonyl (C=O) groups excluding carboxylic acids is 1. The Morgan fingerprint density at radius 3 is 2.32 bits per heavy atom. The summed E-state index contributed by atoms with van der Waals surface area (Å²) in [7, 11) is 2.11. The van der Waals surface area contributed by atoms with Gasteiger partial charge in [0, 0.05) is 31.3 Å². The summed E-state index contributed by atoms with van der Waals surface area (Å²) < 4.78 is 22.5. The highest BCUT2D eigenvalue weighted by molar-refractivity contribution is 9.10. The number of phenolic OH excluding ortho intramolecular Hbond substituents is 1. The Labute approximate surface area is 192 Å². The summed E-state index contributed by atoms with van der Waals surface area (Å²) in [6.07, 6.45) is 1.52. The van der Waals surface area contributed by atoms with Crippen LogP contribution < -0.4 is 5.73 Å². The van der Waals surface area contributed by atoms with Crippen molar-refractivity contribution in [3.05, 3.63) is 51.5 Å². The molecule has 2 rings (SSSR count). The number of aliphatic hydroxyl groups excluding tert-OH is 1. The highest BCUT2D eigenvalue weighted by atomic mass is 79.9. The summed E-state index contributed by atoms with van der Waals surface area (Å²) in [5.41, 5.74) is 6.90. The van der Waals surface area contributed by atoms with Crippen LogP contribution >= 0.6 is 25.4 Å². The van der Waals surface area contributed by atoms with E-state index in [1.807, 2.05) is 0 Å². The normalized spacial score (nSPS) is 11.0. The molecule has 31 heavy (non-hydrogen) atoms. The first kappa shape index (κ1) is 29.2. The predicted octanol–water partition coefficient (Wildman–Crippen LogP) is 3.47. The summed E-state index contributed by atoms with van der Waals surface area (Å²) in [5.74, 6) is -1.23. The molecule has 2 atom stereocenters. The van der Waals surface area contributed by atoms with Gasteiger partial charge in [-0.25, -0.2) is 4.39 Å². The average molecular weight is 523 g/mol. The summed E-state index contributed by atoms with van der Waals surface area (Å²) in [6.45, 7) is 6.96. The fourth-order valence-corrected chi connectivity index (χ4v) is 2.41. The van der Waals surface area contributed by atoms with Crippen molar-refractivity contribution in [2.24, 2.45) is 5.73 Å². The molecule has 0 bridgehead atoms. The molecule has 1 aromatic heterocycles. The van der Waals surface area contributed by atoms with Crippen LogP contribution in [0.15, 0.2) is 28.9 Å². The van der Waals surface area contributed by atoms with Crippen LogP contribution in [-0.2, 0) is 27.3 Å². The largest absolute Gasteiger partial charge is 0.506 e. The number of pyridine rings is 1. The number of rotatable bonds is 5. The number of nitrogens with zero attached hydrogens (tertiary/aromatic N) is 1. The fraction of sp³-hybridized carbons (Fsp3) is 0.400. The van der Waals surface area contributed by atoms with E-state index in [1.54, 1.807) is 40.0 Å². The summed E-state index contributed by atoms with van der Waals surface area (Å²) in [5, 5.41) is 27.2. The van der Waals surface area contributed by atoms with Gasteiger partial charge in [0.1, 0.15) is 11.8 Å². The molecule has 2 unspecified atom stereocenters. The zero-order valence-electron chi connectivity index (χ0n) is 17.8. The molecule has 11 heteroatoms. The molecule has 0 aliphatic heterocycles. The maximum atomic E-state index is 12.3. The number of aromatic hydroxyl groups is 2. The van der Waals surface area contributed by atoms with Gasteiger partial charge in [0.15, 0.2) is 11.6 Å². The Bertz CT molecular complexity index is 840. The first-order valence-corrected chi connectivity index (χ1v) is 10.4. The van der Waals surface area contributed by atoms with Crippen LogP contribution in [-0.4, -0.2) is 38.4 Å². The van der Waals surface area contributed by atoms with Crippen LogP contribution in [0.3, 0.4) is 0 Å². The molecule has 0 radical (unpaired) electrons. The van der Waals surface area contributed by atoms with Crippen LogP contribution in [0.2, 0.25) is 0 Å². The van der Waals surface area contributed by atoms with E-state index in [-0.39, 0.29) is 30.2 Å². The van der Waals surface area contributed by atoms with Crippen molar-refractivity contribution < 1.29 is 33.8 Å². The van der Waals surface area contributed by atoms with Gasteiger partial charge in [-0.1, -0.05) is 15.9 Å². The van der Waals surface area contributed by atoms with Crippen molar-refractivity contribution in [1.82, 2.24) is 4.98 Å². The van der Waals surface area contributed by atoms with Crippen molar-refractivity contribution in [2.75, 3.05) is 0 Å². The first-order chi connectivity index (χ1) is 14.4. The third-order valence-corrected chi connectivity index (χ3v) is 4.12. The van der Waals surface area contributed by atoms with Gasteiger partial charge in [-0.15, -0.1) is 0 Å². The third-order valence-electron chi connectivity index (χ3n) is 3.46. The number of aliphatic hydroxyl groups is 1. The maximum Gasteiger partial charge on any atom is 0.322 e. The minimum absolute atomic E-state index is 0.0436. The van der Waals surface area contributed by atoms with Crippen LogP contribution in [0.25, 0.3) is 0 Å². The molecule has 0 fully saturated rings. The van der Waals surface area contributed by atoms with Gasteiger partial charge in [0.2, 0.25) is 0 Å². The molecular weight excluding hydrogens is 494 g/mol. The molecule has 2 aromatic rings. The number of benzene rings is 1. The zero-order chi connectivity index (χ0) is 24.1. The second-order valence-corrected chi connectivity index (χ2v) is 7.78. The lowest BCUT2D eigenvalue weighted by atomic mass is 10.1. The van der Waals surface area contributed by atoms with Crippen molar-refractivity contribution in [1.29, 1.82) is 0 Å². The molecule has 0 aliphatic carbocycles. The van der Waals surface area contributed by atoms with Gasteiger partial charge in [0.25, 0.3) is 0 Å². The van der Waals surface area contributed by atoms with Crippen molar-refractivity contribution in [3.63, 3.8) is 0 Å². The van der Waals surface area contributed by atoms with E-state index in [0.29, 0.717) is 27.9 Å². The lowest BCUT2D eigenvalue weighted by molar-refractivity contribution is -0.148. The highest BCUT2D eigenvalue weighted by Crippen LogP contribution is 2.24. The van der Waals surface area contributed by atoms with Crippen molar-refractivity contribution in [2.45, 2.75) is 53.1 Å². The third kappa shape index (κ3) is 11.4. The SMILES string of the molecule is CC(C)OC(=O)C(C)N.Cc1ncc(COP)c(CO)c1O.Oc1ccc(Br)cc1F. The van der Waals surface area contributed by atoms with Crippen LogP contribution in [0.1, 0.15) is 37.6 Å². The lowest BCUT2D eigenvalue weighted by Crippen LogP contribution is -2.30. The van der Waals surface area contributed by atoms with E-state index in [0.717, 1.165) is 0 Å². The summed E-state index contributed by atoms with van der Waals surface area (Å²) in [4.78, 5) is 14.6. The van der Waals surface area contributed by atoms with E-state index in [1.165, 1.54) is 12.1 Å². The molecule has 5 N–H and O–H groups in total.